The maximum Gasteiger partial charge on any atom is 1.00 e. The Hall–Kier alpha value is 1.41. The van der Waals surface area contributed by atoms with Crippen molar-refractivity contribution >= 4 is 6.98 Å². The zero-order chi connectivity index (χ0) is 11.8. The number of piperidine rings is 2. The minimum Gasteiger partial charge on any atom is -0.448 e. The van der Waals surface area contributed by atoms with Crippen molar-refractivity contribution in [2.45, 2.75) is 25.3 Å². The molecule has 0 saturated carbocycles. The fourth-order valence-corrected chi connectivity index (χ4v) is 3.19. The van der Waals surface area contributed by atoms with Crippen molar-refractivity contribution in [2.24, 2.45) is 5.92 Å². The topological polar surface area (TPSA) is 6.48 Å². The van der Waals surface area contributed by atoms with Crippen molar-refractivity contribution in [1.82, 2.24) is 9.80 Å². The second-order valence-corrected chi connectivity index (χ2v) is 5.21. The molecule has 0 aromatic carbocycles. The average molecular weight is 274 g/mol. The smallest absolute Gasteiger partial charge is 0.448 e. The van der Waals surface area contributed by atoms with Crippen LogP contribution in [0.2, 0.25) is 0 Å². The van der Waals surface area contributed by atoms with E-state index in [1.807, 2.05) is 0 Å². The van der Waals surface area contributed by atoms with Crippen LogP contribution in [0, 0.1) is 5.92 Å². The van der Waals surface area contributed by atoms with Crippen LogP contribution in [0.15, 0.2) is 0 Å². The molecule has 0 spiro atoms. The summed E-state index contributed by atoms with van der Waals surface area (Å²) in [6.45, 7) is -2.32. The molecule has 2 atom stereocenters. The normalized spacial score (nSPS) is 31.8. The van der Waals surface area contributed by atoms with Gasteiger partial charge in [-0.3, -0.25) is 0 Å². The summed E-state index contributed by atoms with van der Waals surface area (Å²) >= 11 is 0. The van der Waals surface area contributed by atoms with E-state index in [4.69, 9.17) is 0 Å². The van der Waals surface area contributed by atoms with Gasteiger partial charge in [0.25, 0.3) is 0 Å². The van der Waals surface area contributed by atoms with Crippen LogP contribution in [0.1, 0.15) is 19.3 Å². The molecule has 2 unspecified atom stereocenters. The second-order valence-electron chi connectivity index (χ2n) is 5.21. The van der Waals surface area contributed by atoms with E-state index in [0.29, 0.717) is 25.0 Å². The third-order valence-corrected chi connectivity index (χ3v) is 3.90. The first-order chi connectivity index (χ1) is 7.46. The molecule has 2 heterocycles. The van der Waals surface area contributed by atoms with Gasteiger partial charge in [0, 0.05) is 6.04 Å². The van der Waals surface area contributed by atoms with Gasteiger partial charge in [-0.2, -0.15) is 0 Å². The molecule has 2 nitrogen and oxygen atoms in total. The zero-order valence-corrected chi connectivity index (χ0v) is 13.8. The van der Waals surface area contributed by atoms with Gasteiger partial charge >= 0.3 is 58.4 Å². The van der Waals surface area contributed by atoms with Crippen molar-refractivity contribution in [1.29, 1.82) is 0 Å². The van der Waals surface area contributed by atoms with Crippen LogP contribution in [0.25, 0.3) is 0 Å². The predicted molar refractivity (Wildman–Crippen MR) is 59.3 cm³/mol. The molecule has 17 heavy (non-hydrogen) atoms. The Balaban J connectivity index is 0.00000144. The van der Waals surface area contributed by atoms with Crippen LogP contribution in [0.3, 0.4) is 0 Å². The van der Waals surface area contributed by atoms with E-state index in [2.05, 4.69) is 11.9 Å². The standard InChI is InChI=1S/C10H19BF3N2.K/c1-15-5-2-3-9-7-16(6-4-10(9)15)8-11(12,13)14;/h9-10H,2-8H2,1H3;/q-1;+1. The van der Waals surface area contributed by atoms with Gasteiger partial charge in [-0.25, -0.2) is 0 Å². The fraction of sp³-hybridized carbons (Fsp3) is 1.00. The molecule has 0 aromatic heterocycles. The van der Waals surface area contributed by atoms with Crippen molar-refractivity contribution < 1.29 is 64.3 Å². The Bertz CT molecular complexity index is 252. The summed E-state index contributed by atoms with van der Waals surface area (Å²) in [5, 5.41) is 0. The summed E-state index contributed by atoms with van der Waals surface area (Å²) in [6.07, 6.45) is 2.44. The number of fused-ring (bicyclic) bond motifs is 1. The Labute approximate surface area is 144 Å². The van der Waals surface area contributed by atoms with E-state index in [1.54, 1.807) is 4.90 Å². The molecule has 0 aliphatic carbocycles. The summed E-state index contributed by atoms with van der Waals surface area (Å²) in [5.74, 6) is 0.450. The molecule has 2 aliphatic rings. The SMILES string of the molecule is CN1CCCC2CN(C[B-](F)(F)F)CCC21.[K+]. The Morgan fingerprint density at radius 2 is 1.88 bits per heavy atom. The van der Waals surface area contributed by atoms with Gasteiger partial charge in [0.1, 0.15) is 0 Å². The van der Waals surface area contributed by atoms with E-state index in [9.17, 15) is 12.9 Å². The number of likely N-dealkylation sites (tertiary alicyclic amines) is 2. The van der Waals surface area contributed by atoms with Gasteiger partial charge in [-0.05, 0) is 58.3 Å². The summed E-state index contributed by atoms with van der Waals surface area (Å²) in [4.78, 5) is 3.92. The quantitative estimate of drug-likeness (QED) is 0.583. The molecule has 0 aromatic rings. The van der Waals surface area contributed by atoms with Gasteiger partial charge < -0.3 is 22.7 Å². The first-order valence-electron chi connectivity index (χ1n) is 6.09. The van der Waals surface area contributed by atoms with Crippen molar-refractivity contribution in [3.8, 4) is 0 Å². The number of nitrogens with zero attached hydrogens (tertiary/aromatic N) is 2. The van der Waals surface area contributed by atoms with Crippen LogP contribution < -0.4 is 51.4 Å². The van der Waals surface area contributed by atoms with Crippen molar-refractivity contribution in [3.05, 3.63) is 0 Å². The number of rotatable bonds is 2. The third kappa shape index (κ3) is 4.78. The monoisotopic (exact) mass is 274 g/mol. The largest absolute Gasteiger partial charge is 1.00 e. The van der Waals surface area contributed by atoms with Gasteiger partial charge in [0.15, 0.2) is 0 Å². The minimum absolute atomic E-state index is 0. The Morgan fingerprint density at radius 1 is 1.18 bits per heavy atom. The summed E-state index contributed by atoms with van der Waals surface area (Å²) in [6, 6.07) is 0.519. The molecule has 2 aliphatic heterocycles. The first kappa shape index (κ1) is 16.5. The van der Waals surface area contributed by atoms with Crippen LogP contribution >= 0.6 is 0 Å². The number of hydrogen-bond donors (Lipinski definition) is 0. The summed E-state index contributed by atoms with van der Waals surface area (Å²) in [7, 11) is 2.10. The van der Waals surface area contributed by atoms with Crippen LogP contribution in [-0.4, -0.2) is 55.9 Å². The maximum atomic E-state index is 12.4. The molecule has 7 heteroatoms. The number of halogens is 3. The second kappa shape index (κ2) is 6.72. The van der Waals surface area contributed by atoms with Gasteiger partial charge in [-0.15, -0.1) is 0 Å². The number of hydrogen-bond acceptors (Lipinski definition) is 2. The maximum absolute atomic E-state index is 12.4. The van der Waals surface area contributed by atoms with E-state index < -0.39 is 13.4 Å². The van der Waals surface area contributed by atoms with E-state index in [0.717, 1.165) is 25.8 Å². The van der Waals surface area contributed by atoms with E-state index in [-0.39, 0.29) is 51.4 Å². The molecule has 0 radical (unpaired) electrons. The van der Waals surface area contributed by atoms with Crippen molar-refractivity contribution in [3.63, 3.8) is 0 Å². The molecular formula is C10H19BF3KN2. The minimum atomic E-state index is -4.66. The summed E-state index contributed by atoms with van der Waals surface area (Å²) < 4.78 is 37.1. The average Bonchev–Trinajstić information content (AvgIpc) is 2.15. The van der Waals surface area contributed by atoms with Crippen LogP contribution in [0.4, 0.5) is 12.9 Å². The van der Waals surface area contributed by atoms with Crippen LogP contribution in [-0.2, 0) is 0 Å². The van der Waals surface area contributed by atoms with E-state index in [1.165, 1.54) is 0 Å². The molecule has 0 N–H and O–H groups in total. The zero-order valence-electron chi connectivity index (χ0n) is 10.7. The molecule has 0 bridgehead atoms. The van der Waals surface area contributed by atoms with Gasteiger partial charge in [0.2, 0.25) is 0 Å². The molecular weight excluding hydrogens is 255 g/mol. The molecule has 2 fully saturated rings. The predicted octanol–water partition coefficient (Wildman–Crippen LogP) is -1.21. The Kier molecular flexibility index (Phi) is 6.51. The van der Waals surface area contributed by atoms with Crippen molar-refractivity contribution in [2.75, 3.05) is 33.1 Å². The first-order valence-corrected chi connectivity index (χ1v) is 6.09. The molecule has 94 valence electrons. The Morgan fingerprint density at radius 3 is 2.53 bits per heavy atom. The summed E-state index contributed by atoms with van der Waals surface area (Å²) in [5.41, 5.74) is 0. The molecule has 2 rings (SSSR count). The van der Waals surface area contributed by atoms with Gasteiger partial charge in [-0.1, -0.05) is 0 Å². The third-order valence-electron chi connectivity index (χ3n) is 3.90. The fourth-order valence-electron chi connectivity index (χ4n) is 3.19. The van der Waals surface area contributed by atoms with Crippen LogP contribution in [0.5, 0.6) is 0 Å². The van der Waals surface area contributed by atoms with E-state index >= 15 is 0 Å². The van der Waals surface area contributed by atoms with Gasteiger partial charge in [0.05, 0.1) is 0 Å². The molecule has 0 amide bonds. The molecule has 2 saturated heterocycles.